The molecule has 1 saturated carbocycles. The number of nitrogen functional groups attached to an aromatic ring is 1. The van der Waals surface area contributed by atoms with Gasteiger partial charge in [0.2, 0.25) is 5.91 Å². The normalized spacial score (nSPS) is 15.4. The van der Waals surface area contributed by atoms with Gasteiger partial charge in [-0.3, -0.25) is 4.79 Å². The van der Waals surface area contributed by atoms with E-state index in [1.54, 1.807) is 12.1 Å². The van der Waals surface area contributed by atoms with E-state index in [1.165, 1.54) is 19.3 Å². The highest BCUT2D eigenvalue weighted by Crippen LogP contribution is 2.23. The molecule has 1 fully saturated rings. The molecule has 1 amide bonds. The maximum absolute atomic E-state index is 11.8. The molecule has 3 N–H and O–H groups in total. The summed E-state index contributed by atoms with van der Waals surface area (Å²) in [5.41, 5.74) is 7.10. The van der Waals surface area contributed by atoms with Crippen molar-refractivity contribution in [2.75, 3.05) is 24.6 Å². The number of nitrogens with one attached hydrogen (secondary N) is 1. The molecule has 0 spiro atoms. The van der Waals surface area contributed by atoms with Crippen molar-refractivity contribution in [2.45, 2.75) is 31.7 Å². The average Bonchev–Trinajstić information content (AvgIpc) is 2.24. The highest BCUT2D eigenvalue weighted by Gasteiger charge is 2.21. The Morgan fingerprint density at radius 3 is 2.89 bits per heavy atom. The molecule has 0 radical (unpaired) electrons. The molecule has 1 aromatic carbocycles. The van der Waals surface area contributed by atoms with Crippen LogP contribution in [0.25, 0.3) is 0 Å². The smallest absolute Gasteiger partial charge is 0.225 e. The molecule has 0 heterocycles. The summed E-state index contributed by atoms with van der Waals surface area (Å²) < 4.78 is 0. The Bertz CT molecular complexity index is 415. The largest absolute Gasteiger partial charge is 0.399 e. The van der Waals surface area contributed by atoms with Crippen LogP contribution >= 0.6 is 0 Å². The monoisotopic (exact) mass is 247 g/mol. The molecule has 1 aromatic rings. The van der Waals surface area contributed by atoms with Crippen LogP contribution in [0.1, 0.15) is 25.7 Å². The number of benzene rings is 1. The molecule has 1 aliphatic carbocycles. The lowest BCUT2D eigenvalue weighted by Gasteiger charge is -2.34. The summed E-state index contributed by atoms with van der Waals surface area (Å²) in [6.07, 6.45) is 4.40. The maximum Gasteiger partial charge on any atom is 0.225 e. The number of hydrogen-bond donors (Lipinski definition) is 2. The molecule has 0 aliphatic heterocycles. The van der Waals surface area contributed by atoms with Gasteiger partial charge in [0.15, 0.2) is 0 Å². The Morgan fingerprint density at radius 2 is 2.28 bits per heavy atom. The molecule has 98 valence electrons. The molecule has 1 aliphatic rings. The fraction of sp³-hybridized carbons (Fsp3) is 0.500. The Morgan fingerprint density at radius 1 is 1.50 bits per heavy atom. The number of nitrogens with zero attached hydrogens (tertiary/aromatic N) is 1. The molecule has 0 unspecified atom stereocenters. The van der Waals surface area contributed by atoms with Crippen molar-refractivity contribution in [3.05, 3.63) is 24.3 Å². The first-order valence-corrected chi connectivity index (χ1v) is 6.51. The first kappa shape index (κ1) is 12.9. The molecule has 0 aromatic heterocycles. The van der Waals surface area contributed by atoms with E-state index in [-0.39, 0.29) is 5.91 Å². The van der Waals surface area contributed by atoms with Crippen LogP contribution in [-0.4, -0.2) is 30.4 Å². The van der Waals surface area contributed by atoms with E-state index in [4.69, 9.17) is 5.73 Å². The van der Waals surface area contributed by atoms with Gasteiger partial charge in [-0.2, -0.15) is 0 Å². The lowest BCUT2D eigenvalue weighted by molar-refractivity contribution is -0.116. The van der Waals surface area contributed by atoms with Crippen molar-refractivity contribution >= 4 is 17.3 Å². The van der Waals surface area contributed by atoms with Crippen LogP contribution in [0.4, 0.5) is 11.4 Å². The van der Waals surface area contributed by atoms with Crippen molar-refractivity contribution in [2.24, 2.45) is 0 Å². The lowest BCUT2D eigenvalue weighted by atomic mass is 9.92. The van der Waals surface area contributed by atoms with Crippen LogP contribution in [0.15, 0.2) is 24.3 Å². The standard InChI is InChI=1S/C14H21N3O/c1-17(13-6-3-7-13)9-8-14(18)16-12-5-2-4-11(15)10-12/h2,4-5,10,13H,3,6-9,15H2,1H3,(H,16,18). The van der Waals surface area contributed by atoms with Crippen molar-refractivity contribution in [1.29, 1.82) is 0 Å². The summed E-state index contributed by atoms with van der Waals surface area (Å²) >= 11 is 0. The van der Waals surface area contributed by atoms with Crippen molar-refractivity contribution in [3.63, 3.8) is 0 Å². The Kier molecular flexibility index (Phi) is 4.20. The minimum atomic E-state index is 0.0479. The molecule has 0 saturated heterocycles. The molecule has 2 rings (SSSR count). The summed E-state index contributed by atoms with van der Waals surface area (Å²) in [6, 6.07) is 7.95. The summed E-state index contributed by atoms with van der Waals surface area (Å²) in [5, 5.41) is 2.87. The van der Waals surface area contributed by atoms with Crippen LogP contribution in [-0.2, 0) is 4.79 Å². The van der Waals surface area contributed by atoms with Crippen molar-refractivity contribution in [1.82, 2.24) is 4.90 Å². The third-order valence-corrected chi connectivity index (χ3v) is 3.56. The number of hydrogen-bond acceptors (Lipinski definition) is 3. The summed E-state index contributed by atoms with van der Waals surface area (Å²) in [7, 11) is 2.09. The third kappa shape index (κ3) is 3.47. The minimum Gasteiger partial charge on any atom is -0.399 e. The number of rotatable bonds is 5. The zero-order valence-corrected chi connectivity index (χ0v) is 10.9. The highest BCUT2D eigenvalue weighted by atomic mass is 16.1. The van der Waals surface area contributed by atoms with Crippen LogP contribution in [0.2, 0.25) is 0 Å². The van der Waals surface area contributed by atoms with E-state index in [2.05, 4.69) is 17.3 Å². The van der Waals surface area contributed by atoms with Crippen LogP contribution in [0, 0.1) is 0 Å². The van der Waals surface area contributed by atoms with Gasteiger partial charge in [0, 0.05) is 30.4 Å². The van der Waals surface area contributed by atoms with Gasteiger partial charge >= 0.3 is 0 Å². The van der Waals surface area contributed by atoms with E-state index in [1.807, 2.05) is 12.1 Å². The van der Waals surface area contributed by atoms with Gasteiger partial charge in [0.25, 0.3) is 0 Å². The quantitative estimate of drug-likeness (QED) is 0.783. The van der Waals surface area contributed by atoms with E-state index in [0.717, 1.165) is 12.2 Å². The van der Waals surface area contributed by atoms with Gasteiger partial charge in [-0.05, 0) is 38.1 Å². The molecule has 4 heteroatoms. The summed E-state index contributed by atoms with van der Waals surface area (Å²) in [5.74, 6) is 0.0479. The average molecular weight is 247 g/mol. The highest BCUT2D eigenvalue weighted by molar-refractivity contribution is 5.91. The van der Waals surface area contributed by atoms with Gasteiger partial charge in [-0.1, -0.05) is 12.5 Å². The van der Waals surface area contributed by atoms with Gasteiger partial charge in [-0.25, -0.2) is 0 Å². The van der Waals surface area contributed by atoms with Crippen LogP contribution in [0.5, 0.6) is 0 Å². The number of carbonyl (C=O) groups is 1. The molecular formula is C14H21N3O. The van der Waals surface area contributed by atoms with Gasteiger partial charge in [0.1, 0.15) is 0 Å². The second kappa shape index (κ2) is 5.87. The first-order valence-electron chi connectivity index (χ1n) is 6.51. The summed E-state index contributed by atoms with van der Waals surface area (Å²) in [6.45, 7) is 0.818. The minimum absolute atomic E-state index is 0.0479. The van der Waals surface area contributed by atoms with Crippen LogP contribution in [0.3, 0.4) is 0 Å². The predicted octanol–water partition coefficient (Wildman–Crippen LogP) is 2.08. The molecule has 18 heavy (non-hydrogen) atoms. The van der Waals surface area contributed by atoms with Gasteiger partial charge < -0.3 is 16.0 Å². The van der Waals surface area contributed by atoms with Crippen molar-refractivity contribution in [3.8, 4) is 0 Å². The zero-order valence-electron chi connectivity index (χ0n) is 10.9. The molecule has 4 nitrogen and oxygen atoms in total. The second-order valence-electron chi connectivity index (χ2n) is 4.99. The number of carbonyl (C=O) groups excluding carboxylic acids is 1. The zero-order chi connectivity index (χ0) is 13.0. The maximum atomic E-state index is 11.8. The Hall–Kier alpha value is -1.55. The predicted molar refractivity (Wildman–Crippen MR) is 74.4 cm³/mol. The van der Waals surface area contributed by atoms with E-state index in [0.29, 0.717) is 18.2 Å². The topological polar surface area (TPSA) is 58.4 Å². The van der Waals surface area contributed by atoms with E-state index < -0.39 is 0 Å². The second-order valence-corrected chi connectivity index (χ2v) is 4.99. The number of anilines is 2. The molecule has 0 atom stereocenters. The number of amides is 1. The van der Waals surface area contributed by atoms with Crippen molar-refractivity contribution < 1.29 is 4.79 Å². The molecule has 0 bridgehead atoms. The fourth-order valence-corrected chi connectivity index (χ4v) is 2.13. The number of nitrogens with two attached hydrogens (primary N) is 1. The lowest BCUT2D eigenvalue weighted by Crippen LogP contribution is -2.38. The Labute approximate surface area is 108 Å². The van der Waals surface area contributed by atoms with Gasteiger partial charge in [0.05, 0.1) is 0 Å². The SMILES string of the molecule is CN(CCC(=O)Nc1cccc(N)c1)C1CCC1. The summed E-state index contributed by atoms with van der Waals surface area (Å²) in [4.78, 5) is 14.1. The van der Waals surface area contributed by atoms with Crippen LogP contribution < -0.4 is 11.1 Å². The van der Waals surface area contributed by atoms with E-state index >= 15 is 0 Å². The van der Waals surface area contributed by atoms with Gasteiger partial charge in [-0.15, -0.1) is 0 Å². The molecular weight excluding hydrogens is 226 g/mol. The Balaban J connectivity index is 1.74. The van der Waals surface area contributed by atoms with E-state index in [9.17, 15) is 4.79 Å². The fourth-order valence-electron chi connectivity index (χ4n) is 2.13. The third-order valence-electron chi connectivity index (χ3n) is 3.56. The first-order chi connectivity index (χ1) is 8.65.